The van der Waals surface area contributed by atoms with Crippen LogP contribution in [0.25, 0.3) is 0 Å². The number of ether oxygens (including phenoxy) is 2. The first-order valence-corrected chi connectivity index (χ1v) is 22.3. The zero-order valence-electron chi connectivity index (χ0n) is 37.5. The van der Waals surface area contributed by atoms with Crippen LogP contribution in [-0.4, -0.2) is 42.5 Å². The van der Waals surface area contributed by atoms with Gasteiger partial charge in [0.25, 0.3) is 17.7 Å². The molecule has 3 amide bonds. The van der Waals surface area contributed by atoms with Gasteiger partial charge in [-0.25, -0.2) is 0 Å². The van der Waals surface area contributed by atoms with Gasteiger partial charge in [0.2, 0.25) is 0 Å². The van der Waals surface area contributed by atoms with E-state index in [1.54, 1.807) is 49.6 Å². The van der Waals surface area contributed by atoms with E-state index < -0.39 is 17.1 Å². The Labute approximate surface area is 376 Å². The second kappa shape index (κ2) is 18.9. The average Bonchev–Trinajstić information content (AvgIpc) is 3.49. The largest absolute Gasteiger partial charge is 0.496 e. The molecule has 0 saturated carbocycles. The molecule has 9 nitrogen and oxygen atoms in total. The first-order chi connectivity index (χ1) is 28.5. The van der Waals surface area contributed by atoms with Crippen molar-refractivity contribution in [2.45, 2.75) is 122 Å². The normalized spacial score (nSPS) is 14.8. The molecule has 0 aromatic heterocycles. The molecule has 326 valence electrons. The number of hydrogen-bond donors (Lipinski definition) is 2. The molecule has 0 aliphatic carbocycles. The molecule has 1 unspecified atom stereocenters. The summed E-state index contributed by atoms with van der Waals surface area (Å²) in [5.74, 6) is -0.00381. The highest BCUT2D eigenvalue weighted by Crippen LogP contribution is 2.43. The zero-order valence-corrected chi connectivity index (χ0v) is 39.8. The molecule has 4 aromatic carbocycles. The SMILES string of the molecule is CCC(C)(C)c1ccc(OCC(=O)Nc2cccc(C(=O)NC3=NN(c4cc(Cl)ccc4Cl)C(=O)C3Sc3cc(C(C)(C)CC(C)(C)C)ccc3OC)c2)c(C(C)(C)CC)c1. The Morgan fingerprint density at radius 3 is 2.08 bits per heavy atom. The van der Waals surface area contributed by atoms with Gasteiger partial charge in [-0.05, 0) is 107 Å². The second-order valence-electron chi connectivity index (χ2n) is 18.8. The average molecular weight is 888 g/mol. The van der Waals surface area contributed by atoms with E-state index in [0.717, 1.165) is 30.4 Å². The summed E-state index contributed by atoms with van der Waals surface area (Å²) in [6.07, 6.45) is 2.80. The molecular weight excluding hydrogens is 828 g/mol. The molecule has 61 heavy (non-hydrogen) atoms. The fourth-order valence-corrected chi connectivity index (χ4v) is 8.97. The fraction of sp³-hybridized carbons (Fsp3) is 0.429. The number of nitrogens with zero attached hydrogens (tertiary/aromatic N) is 2. The number of anilines is 2. The molecule has 1 aliphatic rings. The van der Waals surface area contributed by atoms with Crippen molar-refractivity contribution < 1.29 is 23.9 Å². The Morgan fingerprint density at radius 1 is 0.787 bits per heavy atom. The van der Waals surface area contributed by atoms with Crippen molar-refractivity contribution in [1.82, 2.24) is 5.32 Å². The van der Waals surface area contributed by atoms with Gasteiger partial charge in [-0.15, -0.1) is 16.9 Å². The van der Waals surface area contributed by atoms with E-state index in [9.17, 15) is 14.4 Å². The second-order valence-corrected chi connectivity index (χ2v) is 20.8. The standard InChI is InChI=1S/C49H60Cl2N4O5S/c1-13-47(6,7)31-18-22-38(35(25-31)48(8,9)14-2)60-28-41(56)52-34-17-15-16-30(24-34)44(57)53-43-42(45(58)55(54-43)37-27-33(50)20-21-36(37)51)61-40-26-32(19-23-39(40)59-12)49(10,11)29-46(3,4)5/h15-27,42H,13-14,28-29H2,1-12H3,(H,52,56)(H,53,54,57). The van der Waals surface area contributed by atoms with Crippen molar-refractivity contribution >= 4 is 69.9 Å². The van der Waals surface area contributed by atoms with Crippen LogP contribution in [0, 0.1) is 5.41 Å². The lowest BCUT2D eigenvalue weighted by Crippen LogP contribution is -2.39. The number of carbonyl (C=O) groups is 3. The molecule has 1 atom stereocenters. The summed E-state index contributed by atoms with van der Waals surface area (Å²) in [6.45, 7) is 23.9. The Balaban J connectivity index is 1.39. The van der Waals surface area contributed by atoms with E-state index in [0.29, 0.717) is 27.1 Å². The van der Waals surface area contributed by atoms with Crippen LogP contribution in [0.15, 0.2) is 88.9 Å². The summed E-state index contributed by atoms with van der Waals surface area (Å²) in [7, 11) is 1.58. The summed E-state index contributed by atoms with van der Waals surface area (Å²) in [5.41, 5.74) is 3.98. The Bertz CT molecular complexity index is 2320. The summed E-state index contributed by atoms with van der Waals surface area (Å²) < 4.78 is 11.9. The van der Waals surface area contributed by atoms with Gasteiger partial charge in [0.05, 0.1) is 22.7 Å². The quantitative estimate of drug-likeness (QED) is 0.123. The van der Waals surface area contributed by atoms with Crippen LogP contribution in [0.2, 0.25) is 10.0 Å². The minimum atomic E-state index is -0.987. The summed E-state index contributed by atoms with van der Waals surface area (Å²) in [6, 6.07) is 23.5. The van der Waals surface area contributed by atoms with Gasteiger partial charge in [0.1, 0.15) is 11.5 Å². The predicted molar refractivity (Wildman–Crippen MR) is 252 cm³/mol. The number of carbonyl (C=O) groups excluding carboxylic acids is 3. The van der Waals surface area contributed by atoms with E-state index in [2.05, 4.69) is 104 Å². The van der Waals surface area contributed by atoms with E-state index in [4.69, 9.17) is 32.7 Å². The molecule has 1 heterocycles. The number of amidine groups is 1. The van der Waals surface area contributed by atoms with E-state index >= 15 is 0 Å². The van der Waals surface area contributed by atoms with Crippen LogP contribution in [0.1, 0.15) is 122 Å². The molecule has 12 heteroatoms. The zero-order chi connectivity index (χ0) is 45.1. The third-order valence-corrected chi connectivity index (χ3v) is 13.2. The number of hydrogen-bond acceptors (Lipinski definition) is 7. The molecule has 0 radical (unpaired) electrons. The molecular formula is C49H60Cl2N4O5S. The third-order valence-electron chi connectivity index (χ3n) is 11.5. The van der Waals surface area contributed by atoms with E-state index in [1.807, 2.05) is 24.3 Å². The summed E-state index contributed by atoms with van der Waals surface area (Å²) in [5, 5.41) is 11.2. The molecule has 0 spiro atoms. The van der Waals surface area contributed by atoms with Gasteiger partial charge < -0.3 is 20.1 Å². The lowest BCUT2D eigenvalue weighted by atomic mass is 9.72. The summed E-state index contributed by atoms with van der Waals surface area (Å²) in [4.78, 5) is 42.3. The minimum Gasteiger partial charge on any atom is -0.496 e. The highest BCUT2D eigenvalue weighted by Gasteiger charge is 2.41. The first kappa shape index (κ1) is 47.5. The lowest BCUT2D eigenvalue weighted by molar-refractivity contribution is -0.118. The number of thioether (sulfide) groups is 1. The van der Waals surface area contributed by atoms with Gasteiger partial charge in [-0.3, -0.25) is 14.4 Å². The van der Waals surface area contributed by atoms with Crippen LogP contribution in [0.3, 0.4) is 0 Å². The molecule has 4 aromatic rings. The van der Waals surface area contributed by atoms with Crippen LogP contribution in [-0.2, 0) is 25.8 Å². The van der Waals surface area contributed by atoms with Crippen molar-refractivity contribution in [3.63, 3.8) is 0 Å². The lowest BCUT2D eigenvalue weighted by Gasteiger charge is -2.33. The molecule has 5 rings (SSSR count). The molecule has 0 saturated heterocycles. The molecule has 2 N–H and O–H groups in total. The van der Waals surface area contributed by atoms with Gasteiger partial charge in [0.15, 0.2) is 17.7 Å². The predicted octanol–water partition coefficient (Wildman–Crippen LogP) is 12.4. The van der Waals surface area contributed by atoms with Gasteiger partial charge >= 0.3 is 0 Å². The van der Waals surface area contributed by atoms with Crippen molar-refractivity contribution in [3.05, 3.63) is 111 Å². The Kier molecular flexibility index (Phi) is 14.7. The van der Waals surface area contributed by atoms with Crippen molar-refractivity contribution in [1.29, 1.82) is 0 Å². The maximum absolute atomic E-state index is 14.3. The number of amides is 3. The maximum Gasteiger partial charge on any atom is 0.268 e. The molecule has 0 bridgehead atoms. The third kappa shape index (κ3) is 11.5. The van der Waals surface area contributed by atoms with Crippen LogP contribution in [0.4, 0.5) is 11.4 Å². The number of methoxy groups -OCH3 is 1. The topological polar surface area (TPSA) is 109 Å². The summed E-state index contributed by atoms with van der Waals surface area (Å²) >= 11 is 14.1. The van der Waals surface area contributed by atoms with E-state index in [1.165, 1.54) is 22.3 Å². The highest BCUT2D eigenvalue weighted by molar-refractivity contribution is 8.01. The number of benzene rings is 4. The van der Waals surface area contributed by atoms with Crippen LogP contribution >= 0.6 is 35.0 Å². The van der Waals surface area contributed by atoms with Gasteiger partial charge in [-0.1, -0.05) is 124 Å². The smallest absolute Gasteiger partial charge is 0.268 e. The van der Waals surface area contributed by atoms with Crippen molar-refractivity contribution in [3.8, 4) is 11.5 Å². The number of hydrazone groups is 1. The van der Waals surface area contributed by atoms with Crippen LogP contribution in [0.5, 0.6) is 11.5 Å². The van der Waals surface area contributed by atoms with Gasteiger partial charge in [-0.2, -0.15) is 5.01 Å². The minimum absolute atomic E-state index is 0.00256. The number of rotatable bonds is 15. The van der Waals surface area contributed by atoms with Crippen LogP contribution < -0.4 is 25.1 Å². The van der Waals surface area contributed by atoms with E-state index in [-0.39, 0.29) is 56.3 Å². The fourth-order valence-electron chi connectivity index (χ4n) is 7.47. The monoisotopic (exact) mass is 886 g/mol. The van der Waals surface area contributed by atoms with Crippen molar-refractivity contribution in [2.24, 2.45) is 10.5 Å². The molecule has 1 aliphatic heterocycles. The highest BCUT2D eigenvalue weighted by atomic mass is 35.5. The van der Waals surface area contributed by atoms with Gasteiger partial charge in [0, 0.05) is 21.8 Å². The number of nitrogens with one attached hydrogen (secondary N) is 2. The number of halogens is 2. The maximum atomic E-state index is 14.3. The first-order valence-electron chi connectivity index (χ1n) is 20.7. The molecule has 0 fully saturated rings. The Morgan fingerprint density at radius 2 is 1.44 bits per heavy atom. The Hall–Kier alpha value is -4.51. The van der Waals surface area contributed by atoms with Crippen molar-refractivity contribution in [2.75, 3.05) is 24.0 Å².